The minimum Gasteiger partial charge on any atom is -0.461 e. The number of ether oxygens (including phenoxy) is 1. The van der Waals surface area contributed by atoms with Crippen molar-refractivity contribution < 1.29 is 31.9 Å². The number of alkyl halides is 3. The van der Waals surface area contributed by atoms with Gasteiger partial charge in [-0.25, -0.2) is 13.9 Å². The number of aromatic nitrogens is 2. The highest BCUT2D eigenvalue weighted by Crippen LogP contribution is 2.36. The van der Waals surface area contributed by atoms with Crippen LogP contribution in [0, 0.1) is 5.82 Å². The van der Waals surface area contributed by atoms with Gasteiger partial charge in [0.25, 0.3) is 0 Å². The molecule has 0 atom stereocenters. The van der Waals surface area contributed by atoms with Crippen LogP contribution in [0.3, 0.4) is 0 Å². The molecule has 0 saturated heterocycles. The van der Waals surface area contributed by atoms with E-state index in [0.717, 1.165) is 24.3 Å². The van der Waals surface area contributed by atoms with Crippen LogP contribution in [-0.4, -0.2) is 28.1 Å². The molecular weight excluding hydrogens is 392 g/mol. The summed E-state index contributed by atoms with van der Waals surface area (Å²) in [6.07, 6.45) is -5.04. The van der Waals surface area contributed by atoms with Crippen molar-refractivity contribution in [1.29, 1.82) is 0 Å². The highest BCUT2D eigenvalue weighted by atomic mass is 19.4. The first kappa shape index (κ1) is 20.2. The summed E-state index contributed by atoms with van der Waals surface area (Å²) in [4.78, 5) is 25.2. The van der Waals surface area contributed by atoms with Gasteiger partial charge in [-0.3, -0.25) is 4.79 Å². The van der Waals surface area contributed by atoms with Gasteiger partial charge in [0.1, 0.15) is 5.82 Å². The maximum atomic E-state index is 14.0. The van der Waals surface area contributed by atoms with E-state index in [1.807, 2.05) is 0 Å². The molecule has 0 aliphatic carbocycles. The van der Waals surface area contributed by atoms with E-state index in [2.05, 4.69) is 5.10 Å². The Kier molecular flexibility index (Phi) is 5.49. The first-order valence-electron chi connectivity index (χ1n) is 8.47. The van der Waals surface area contributed by atoms with Crippen LogP contribution in [0.25, 0.3) is 5.69 Å². The standard InChI is InChI=1S/C20H14F4N2O3/c1-2-29-19(28)16-15(17(27)12-6-4-3-5-7-12)18(20(22,23)24)26(25-16)14-10-8-13(21)9-11-14/h3-11H,2H2,1H3. The zero-order chi connectivity index (χ0) is 21.2. The van der Waals surface area contributed by atoms with Crippen molar-refractivity contribution in [2.45, 2.75) is 13.1 Å². The van der Waals surface area contributed by atoms with E-state index >= 15 is 0 Å². The van der Waals surface area contributed by atoms with E-state index in [1.165, 1.54) is 31.2 Å². The van der Waals surface area contributed by atoms with Gasteiger partial charge in [-0.05, 0) is 31.2 Å². The van der Waals surface area contributed by atoms with Crippen molar-refractivity contribution in [3.8, 4) is 5.69 Å². The monoisotopic (exact) mass is 406 g/mol. The van der Waals surface area contributed by atoms with Crippen LogP contribution in [0.5, 0.6) is 0 Å². The van der Waals surface area contributed by atoms with E-state index in [1.54, 1.807) is 6.07 Å². The quantitative estimate of drug-likeness (QED) is 0.357. The lowest BCUT2D eigenvalue weighted by Crippen LogP contribution is -2.19. The number of rotatable bonds is 5. The molecule has 1 heterocycles. The number of hydrogen-bond acceptors (Lipinski definition) is 4. The average Bonchev–Trinajstić information content (AvgIpc) is 3.10. The Morgan fingerprint density at radius 1 is 1.03 bits per heavy atom. The summed E-state index contributed by atoms with van der Waals surface area (Å²) in [6, 6.07) is 11.2. The van der Waals surface area contributed by atoms with E-state index in [9.17, 15) is 27.2 Å². The van der Waals surface area contributed by atoms with Crippen molar-refractivity contribution >= 4 is 11.8 Å². The van der Waals surface area contributed by atoms with Gasteiger partial charge in [0.2, 0.25) is 0 Å². The molecule has 0 bridgehead atoms. The Morgan fingerprint density at radius 3 is 2.21 bits per heavy atom. The Bertz CT molecular complexity index is 1040. The summed E-state index contributed by atoms with van der Waals surface area (Å²) in [7, 11) is 0. The predicted octanol–water partition coefficient (Wildman–Crippen LogP) is 4.44. The van der Waals surface area contributed by atoms with Crippen LogP contribution in [0.4, 0.5) is 17.6 Å². The Balaban J connectivity index is 2.32. The summed E-state index contributed by atoms with van der Waals surface area (Å²) in [5, 5.41) is 3.72. The average molecular weight is 406 g/mol. The van der Waals surface area contributed by atoms with Crippen molar-refractivity contribution in [2.24, 2.45) is 0 Å². The van der Waals surface area contributed by atoms with Gasteiger partial charge < -0.3 is 4.74 Å². The van der Waals surface area contributed by atoms with E-state index < -0.39 is 40.7 Å². The van der Waals surface area contributed by atoms with Crippen LogP contribution < -0.4 is 0 Å². The molecule has 9 heteroatoms. The lowest BCUT2D eigenvalue weighted by molar-refractivity contribution is -0.143. The number of nitrogens with zero attached hydrogens (tertiary/aromatic N) is 2. The SMILES string of the molecule is CCOC(=O)c1nn(-c2ccc(F)cc2)c(C(F)(F)F)c1C(=O)c1ccccc1. The molecule has 0 spiro atoms. The molecule has 0 aliphatic rings. The summed E-state index contributed by atoms with van der Waals surface area (Å²) in [5.41, 5.74) is -3.36. The molecular formula is C20H14F4N2O3. The van der Waals surface area contributed by atoms with Gasteiger partial charge in [0, 0.05) is 5.56 Å². The maximum Gasteiger partial charge on any atom is 0.434 e. The molecule has 0 radical (unpaired) electrons. The van der Waals surface area contributed by atoms with Crippen LogP contribution in [-0.2, 0) is 10.9 Å². The molecule has 150 valence electrons. The second-order valence-electron chi connectivity index (χ2n) is 5.87. The van der Waals surface area contributed by atoms with Gasteiger partial charge in [0.15, 0.2) is 17.2 Å². The smallest absolute Gasteiger partial charge is 0.434 e. The van der Waals surface area contributed by atoms with Crippen molar-refractivity contribution in [1.82, 2.24) is 9.78 Å². The summed E-state index contributed by atoms with van der Waals surface area (Å²) < 4.78 is 60.3. The molecule has 0 amide bonds. The van der Waals surface area contributed by atoms with Crippen LogP contribution >= 0.6 is 0 Å². The molecule has 3 rings (SSSR count). The van der Waals surface area contributed by atoms with Crippen molar-refractivity contribution in [3.63, 3.8) is 0 Å². The minimum absolute atomic E-state index is 0.0535. The normalized spacial score (nSPS) is 11.3. The Hall–Kier alpha value is -3.49. The van der Waals surface area contributed by atoms with Crippen molar-refractivity contribution in [3.05, 3.63) is 82.9 Å². The van der Waals surface area contributed by atoms with Crippen LogP contribution in [0.1, 0.15) is 39.0 Å². The summed E-state index contributed by atoms with van der Waals surface area (Å²) >= 11 is 0. The maximum absolute atomic E-state index is 14.0. The van der Waals surface area contributed by atoms with E-state index in [4.69, 9.17) is 4.74 Å². The van der Waals surface area contributed by atoms with Gasteiger partial charge in [0.05, 0.1) is 17.9 Å². The zero-order valence-electron chi connectivity index (χ0n) is 15.0. The van der Waals surface area contributed by atoms with Gasteiger partial charge in [-0.1, -0.05) is 30.3 Å². The van der Waals surface area contributed by atoms with Gasteiger partial charge in [-0.2, -0.15) is 18.3 Å². The second-order valence-corrected chi connectivity index (χ2v) is 5.87. The molecule has 2 aromatic carbocycles. The predicted molar refractivity (Wildman–Crippen MR) is 94.4 cm³/mol. The highest BCUT2D eigenvalue weighted by Gasteiger charge is 2.44. The topological polar surface area (TPSA) is 61.2 Å². The van der Waals surface area contributed by atoms with Gasteiger partial charge >= 0.3 is 12.1 Å². The molecule has 5 nitrogen and oxygen atoms in total. The number of hydrogen-bond donors (Lipinski definition) is 0. The van der Waals surface area contributed by atoms with Gasteiger partial charge in [-0.15, -0.1) is 0 Å². The minimum atomic E-state index is -5.04. The Morgan fingerprint density at radius 2 is 1.66 bits per heavy atom. The number of carbonyl (C=O) groups is 2. The molecule has 0 unspecified atom stereocenters. The number of halogens is 4. The summed E-state index contributed by atoms with van der Waals surface area (Å²) in [5.74, 6) is -2.87. The summed E-state index contributed by atoms with van der Waals surface area (Å²) in [6.45, 7) is 1.35. The molecule has 1 aromatic heterocycles. The number of benzene rings is 2. The van der Waals surface area contributed by atoms with E-state index in [-0.39, 0.29) is 17.9 Å². The fourth-order valence-electron chi connectivity index (χ4n) is 2.74. The zero-order valence-corrected chi connectivity index (χ0v) is 15.0. The second kappa shape index (κ2) is 7.86. The first-order valence-corrected chi connectivity index (χ1v) is 8.47. The molecule has 0 N–H and O–H groups in total. The lowest BCUT2D eigenvalue weighted by atomic mass is 10.0. The number of ketones is 1. The van der Waals surface area contributed by atoms with Crippen LogP contribution in [0.2, 0.25) is 0 Å². The molecule has 29 heavy (non-hydrogen) atoms. The number of carbonyl (C=O) groups excluding carboxylic acids is 2. The number of esters is 1. The fourth-order valence-corrected chi connectivity index (χ4v) is 2.74. The molecule has 0 saturated carbocycles. The lowest BCUT2D eigenvalue weighted by Gasteiger charge is -2.12. The molecule has 0 fully saturated rings. The largest absolute Gasteiger partial charge is 0.461 e. The van der Waals surface area contributed by atoms with Crippen LogP contribution in [0.15, 0.2) is 54.6 Å². The third kappa shape index (κ3) is 4.03. The highest BCUT2D eigenvalue weighted by molar-refractivity contribution is 6.14. The Labute approximate surface area is 162 Å². The first-order chi connectivity index (χ1) is 13.7. The molecule has 0 aliphatic heterocycles. The van der Waals surface area contributed by atoms with E-state index in [0.29, 0.717) is 4.68 Å². The fraction of sp³-hybridized carbons (Fsp3) is 0.150. The third-order valence-corrected chi connectivity index (χ3v) is 3.96. The third-order valence-electron chi connectivity index (χ3n) is 3.96. The molecule has 3 aromatic rings. The van der Waals surface area contributed by atoms with Crippen molar-refractivity contribution in [2.75, 3.05) is 6.61 Å².